The first-order valence-electron chi connectivity index (χ1n) is 21.4. The zero-order valence-electron chi connectivity index (χ0n) is 37.6. The lowest BCUT2D eigenvalue weighted by atomic mass is 9.89. The van der Waals surface area contributed by atoms with Crippen LogP contribution in [0.1, 0.15) is 72.1 Å². The maximum absolute atomic E-state index is 14.5. The minimum Gasteiger partial charge on any atom is -0.394 e. The SMILES string of the molecule is CCC(C)C1NC(=O)C(NC(=O)C(C)NC(=O)/C=C/C=C/CC/C=C/CCCCN/C(=N/C)NC)CC2(CS/C=C\NC(=O)CNC(=O)C(CC(N)=O)NC2=O)NC(=O)C(CO)NC1=O. The van der Waals surface area contributed by atoms with Crippen LogP contribution in [0.15, 0.2) is 53.1 Å². The molecule has 0 aliphatic carbocycles. The van der Waals surface area contributed by atoms with Crippen molar-refractivity contribution in [1.82, 2.24) is 53.2 Å². The molecule has 0 bridgehead atoms. The second kappa shape index (κ2) is 29.3. The first kappa shape index (κ1) is 54.9. The highest BCUT2D eigenvalue weighted by atomic mass is 32.2. The molecule has 0 saturated carbocycles. The number of hydrogen-bond acceptors (Lipinski definition) is 12. The maximum atomic E-state index is 14.5. The van der Waals surface area contributed by atoms with Crippen LogP contribution in [0.2, 0.25) is 0 Å². The second-order valence-corrected chi connectivity index (χ2v) is 16.3. The van der Waals surface area contributed by atoms with E-state index in [1.165, 1.54) is 30.7 Å². The lowest BCUT2D eigenvalue weighted by Gasteiger charge is -2.37. The number of carbonyl (C=O) groups is 9. The van der Waals surface area contributed by atoms with Crippen molar-refractivity contribution in [3.63, 3.8) is 0 Å². The molecule has 2 rings (SSSR count). The fourth-order valence-electron chi connectivity index (χ4n) is 6.31. The van der Waals surface area contributed by atoms with Crippen LogP contribution < -0.4 is 58.9 Å². The van der Waals surface area contributed by atoms with E-state index in [2.05, 4.69) is 70.3 Å². The molecule has 2 aliphatic rings. The van der Waals surface area contributed by atoms with E-state index in [-0.39, 0.29) is 0 Å². The van der Waals surface area contributed by atoms with Gasteiger partial charge >= 0.3 is 0 Å². The van der Waals surface area contributed by atoms with Gasteiger partial charge in [0.1, 0.15) is 35.7 Å². The fourth-order valence-corrected chi connectivity index (χ4v) is 7.18. The number of nitrogens with two attached hydrogens (primary N) is 1. The number of rotatable bonds is 18. The Morgan fingerprint density at radius 3 is 2.35 bits per heavy atom. The predicted molar refractivity (Wildman–Crippen MR) is 245 cm³/mol. The highest BCUT2D eigenvalue weighted by Crippen LogP contribution is 2.24. The normalized spacial score (nSPS) is 24.4. The van der Waals surface area contributed by atoms with Gasteiger partial charge in [0, 0.05) is 45.1 Å². The van der Waals surface area contributed by atoms with Crippen LogP contribution in [0.5, 0.6) is 0 Å². The van der Waals surface area contributed by atoms with Crippen LogP contribution in [0, 0.1) is 5.92 Å². The highest BCUT2D eigenvalue weighted by molar-refractivity contribution is 8.02. The summed E-state index contributed by atoms with van der Waals surface area (Å²) in [4.78, 5) is 124. The van der Waals surface area contributed by atoms with Crippen LogP contribution >= 0.6 is 11.8 Å². The average molecular weight is 931 g/mol. The molecule has 13 N–H and O–H groups in total. The zero-order chi connectivity index (χ0) is 48.4. The molecule has 23 heteroatoms. The van der Waals surface area contributed by atoms with Crippen LogP contribution in [0.25, 0.3) is 0 Å². The van der Waals surface area contributed by atoms with E-state index < -0.39 is 127 Å². The van der Waals surface area contributed by atoms with Crippen molar-refractivity contribution in [3.8, 4) is 0 Å². The number of unbranched alkanes of at least 4 members (excludes halogenated alkanes) is 3. The van der Waals surface area contributed by atoms with Gasteiger partial charge < -0.3 is 64.0 Å². The number of aliphatic hydroxyl groups excluding tert-OH is 1. The smallest absolute Gasteiger partial charge is 0.247 e. The summed E-state index contributed by atoms with van der Waals surface area (Å²) in [6.45, 7) is 4.11. The number of guanidine groups is 1. The number of allylic oxidation sites excluding steroid dienone is 5. The molecule has 1 fully saturated rings. The summed E-state index contributed by atoms with van der Waals surface area (Å²) in [7, 11) is 3.52. The lowest BCUT2D eigenvalue weighted by Crippen LogP contribution is -2.68. The molecule has 0 aromatic carbocycles. The molecule has 360 valence electrons. The largest absolute Gasteiger partial charge is 0.394 e. The predicted octanol–water partition coefficient (Wildman–Crippen LogP) is -2.53. The quantitative estimate of drug-likeness (QED) is 0.0169. The Kier molecular flexibility index (Phi) is 24.7. The van der Waals surface area contributed by atoms with Gasteiger partial charge in [0.2, 0.25) is 53.2 Å². The Labute approximate surface area is 383 Å². The van der Waals surface area contributed by atoms with Crippen molar-refractivity contribution in [2.24, 2.45) is 16.6 Å². The number of nitrogens with zero attached hydrogens (tertiary/aromatic N) is 1. The third kappa shape index (κ3) is 19.6. The Morgan fingerprint density at radius 2 is 1.68 bits per heavy atom. The molecule has 22 nitrogen and oxygen atoms in total. The number of carbonyl (C=O) groups excluding carboxylic acids is 9. The van der Waals surface area contributed by atoms with E-state index in [1.54, 1.807) is 27.0 Å². The number of thioether (sulfide) groups is 1. The van der Waals surface area contributed by atoms with Gasteiger partial charge in [0.15, 0.2) is 5.96 Å². The molecule has 0 radical (unpaired) electrons. The molecule has 2 aliphatic heterocycles. The second-order valence-electron chi connectivity index (χ2n) is 15.4. The molecule has 9 amide bonds. The van der Waals surface area contributed by atoms with Crippen molar-refractivity contribution < 1.29 is 48.3 Å². The van der Waals surface area contributed by atoms with E-state index in [9.17, 15) is 48.3 Å². The number of aliphatic imine (C=N–C) groups is 1. The molecule has 0 aromatic heterocycles. The van der Waals surface area contributed by atoms with Crippen molar-refractivity contribution in [2.45, 2.75) is 108 Å². The van der Waals surface area contributed by atoms with Gasteiger partial charge in [-0.3, -0.25) is 48.1 Å². The van der Waals surface area contributed by atoms with Crippen molar-refractivity contribution >= 4 is 70.9 Å². The third-order valence-corrected chi connectivity index (χ3v) is 11.2. The Bertz CT molecular complexity index is 1840. The molecule has 0 aromatic rings. The van der Waals surface area contributed by atoms with Crippen molar-refractivity contribution in [2.75, 3.05) is 39.5 Å². The number of primary amides is 1. The number of hydrogen-bond donors (Lipinski definition) is 12. The zero-order valence-corrected chi connectivity index (χ0v) is 38.4. The summed E-state index contributed by atoms with van der Waals surface area (Å²) in [5.74, 6) is -8.38. The van der Waals surface area contributed by atoms with Crippen LogP contribution in [0.3, 0.4) is 0 Å². The molecule has 7 atom stereocenters. The van der Waals surface area contributed by atoms with Crippen LogP contribution in [-0.4, -0.2) is 140 Å². The molecule has 65 heavy (non-hydrogen) atoms. The Balaban J connectivity index is 2.36. The topological polar surface area (TPSA) is 333 Å². The van der Waals surface area contributed by atoms with Gasteiger partial charge in [0.25, 0.3) is 0 Å². The summed E-state index contributed by atoms with van der Waals surface area (Å²) in [6, 6.07) is -7.57. The third-order valence-electron chi connectivity index (χ3n) is 10.2. The van der Waals surface area contributed by atoms with E-state index in [4.69, 9.17) is 5.73 Å². The molecule has 1 saturated heterocycles. The first-order chi connectivity index (χ1) is 31.0. The van der Waals surface area contributed by atoms with E-state index in [0.29, 0.717) is 6.42 Å². The van der Waals surface area contributed by atoms with Gasteiger partial charge in [-0.1, -0.05) is 50.6 Å². The Morgan fingerprint density at radius 1 is 0.954 bits per heavy atom. The van der Waals surface area contributed by atoms with E-state index in [0.717, 1.165) is 56.4 Å². The summed E-state index contributed by atoms with van der Waals surface area (Å²) in [5.41, 5.74) is 3.12. The summed E-state index contributed by atoms with van der Waals surface area (Å²) in [6.07, 6.45) is 15.1. The van der Waals surface area contributed by atoms with Crippen LogP contribution in [-0.2, 0) is 43.2 Å². The van der Waals surface area contributed by atoms with Crippen molar-refractivity contribution in [3.05, 3.63) is 48.1 Å². The average Bonchev–Trinajstić information content (AvgIpc) is 3.27. The van der Waals surface area contributed by atoms with E-state index in [1.807, 2.05) is 13.1 Å². The molecular formula is C42H66N12O10S. The molecule has 1 spiro atoms. The molecule has 7 unspecified atom stereocenters. The molecular weight excluding hydrogens is 865 g/mol. The summed E-state index contributed by atoms with van der Waals surface area (Å²) in [5, 5.41) is 37.5. The number of nitrogens with one attached hydrogen (secondary N) is 10. The van der Waals surface area contributed by atoms with Crippen molar-refractivity contribution in [1.29, 1.82) is 0 Å². The standard InChI is InChI=1S/C42H66N12O10S/c1-6-26(2)34-39(63)51-30(24-55)38(62)54-42(25-65-20-19-46-33(58)23-48-36(60)28(21-31(43)56)52-40(42)64)22-29(37(61)53-34)50-35(59)27(3)49-32(57)17-15-13-11-9-7-8-10-12-14-16-18-47-41(44-4)45-5/h8,10-11,13,15,17,19-20,26-30,34,55H,6-7,9,12,14,16,18,21-25H2,1-5H3,(H2,43,56)(H,46,58)(H,48,60)(H,49,57)(H,50,59)(H,51,63)(H,52,64)(H,53,61)(H,54,62)(H2,44,45,47)/b10-8+,13-11+,17-15+,20-19-. The van der Waals surface area contributed by atoms with Gasteiger partial charge in [-0.05, 0) is 50.4 Å². The van der Waals surface area contributed by atoms with Gasteiger partial charge in [-0.15, -0.1) is 11.8 Å². The van der Waals surface area contributed by atoms with Gasteiger partial charge in [0.05, 0.1) is 19.6 Å². The molecule has 2 heterocycles. The summed E-state index contributed by atoms with van der Waals surface area (Å²) >= 11 is 0.871. The monoisotopic (exact) mass is 930 g/mol. The number of aliphatic hydroxyl groups is 1. The maximum Gasteiger partial charge on any atom is 0.247 e. The first-order valence-corrected chi connectivity index (χ1v) is 22.5. The fraction of sp³-hybridized carbons (Fsp3) is 0.571. The highest BCUT2D eigenvalue weighted by Gasteiger charge is 2.48. The minimum atomic E-state index is -2.26. The van der Waals surface area contributed by atoms with E-state index >= 15 is 0 Å². The van der Waals surface area contributed by atoms with Gasteiger partial charge in [-0.2, -0.15) is 0 Å². The minimum absolute atomic E-state index is 0.371. The summed E-state index contributed by atoms with van der Waals surface area (Å²) < 4.78 is 0. The lowest BCUT2D eigenvalue weighted by molar-refractivity contribution is -0.139. The Hall–Kier alpha value is -6.23. The van der Waals surface area contributed by atoms with Crippen LogP contribution in [0.4, 0.5) is 0 Å². The number of amides is 9. The van der Waals surface area contributed by atoms with Gasteiger partial charge in [-0.25, -0.2) is 0 Å².